The molecule has 0 rings (SSSR count). The number of rotatable bonds is 0. The predicted molar refractivity (Wildman–Crippen MR) is 17.5 cm³/mol. The average Bonchev–Trinajstić information content (AvgIpc) is 1.25. The van der Waals surface area contributed by atoms with Gasteiger partial charge < -0.3 is 36.3 Å². The Hall–Kier alpha value is -0.150. The van der Waals surface area contributed by atoms with Gasteiger partial charge in [0.05, 0.1) is 0 Å². The molecule has 0 spiro atoms. The van der Waals surface area contributed by atoms with Crippen molar-refractivity contribution in [3.63, 3.8) is 0 Å². The van der Waals surface area contributed by atoms with Gasteiger partial charge in [0.2, 0.25) is 0 Å². The third-order valence-electron chi connectivity index (χ3n) is 0. The third-order valence-corrected chi connectivity index (χ3v) is 0. The Bertz CT molecular complexity index is 26.5. The van der Waals surface area contributed by atoms with Crippen molar-refractivity contribution in [3.05, 3.63) is 0 Å². The second kappa shape index (κ2) is 10.8. The molecule has 0 saturated carbocycles. The molecular weight excluding hydrogens is 132 g/mol. The van der Waals surface area contributed by atoms with Crippen LogP contribution in [-0.2, 0) is 0 Å². The molecule has 0 unspecified atom stereocenters. The number of quaternary nitrogens is 1. The minimum Gasteiger partial charge on any atom is -0.907 e. The van der Waals surface area contributed by atoms with Crippen molar-refractivity contribution in [1.82, 2.24) is 6.15 Å². The van der Waals surface area contributed by atoms with Crippen LogP contribution in [0.5, 0.6) is 0 Å². The van der Waals surface area contributed by atoms with E-state index in [0.29, 0.717) is 0 Å². The summed E-state index contributed by atoms with van der Waals surface area (Å²) in [4.78, 5) is 0. The van der Waals surface area contributed by atoms with E-state index in [1.165, 1.54) is 0 Å². The molecule has 0 aromatic rings. The molecule has 0 aromatic carbocycles. The maximum absolute atomic E-state index is 8.42. The van der Waals surface area contributed by atoms with E-state index in [-0.39, 0.29) is 6.15 Å². The predicted octanol–water partition coefficient (Wildman–Crippen LogP) is -7.52. The number of hydrogen-bond acceptors (Lipinski definition) is 6. The Labute approximate surface area is 52.1 Å². The highest BCUT2D eigenvalue weighted by Gasteiger charge is 1.17. The molecule has 9 heavy (non-hydrogen) atoms. The zero-order chi connectivity index (χ0) is 7.15. The summed E-state index contributed by atoms with van der Waals surface area (Å²) >= 11 is 0. The SMILES string of the molecule is [NH4+].[O-]B([O-])[O-].[O-]B([O-])[O-]. The molecule has 0 aromatic heterocycles. The highest BCUT2D eigenvalue weighted by Crippen LogP contribution is 0.998. The molecule has 0 atom stereocenters. The maximum Gasteiger partial charge on any atom is -0.278 e. The first-order valence-corrected chi connectivity index (χ1v) is 1.41. The van der Waals surface area contributed by atoms with Crippen LogP contribution in [0.15, 0.2) is 0 Å². The molecule has 0 aliphatic heterocycles. The van der Waals surface area contributed by atoms with Crippen LogP contribution < -0.4 is 36.3 Å². The van der Waals surface area contributed by atoms with Crippen LogP contribution in [0.2, 0.25) is 0 Å². The summed E-state index contributed by atoms with van der Waals surface area (Å²) < 4.78 is 0. The van der Waals surface area contributed by atoms with E-state index in [4.69, 9.17) is 30.1 Å². The van der Waals surface area contributed by atoms with Gasteiger partial charge in [-0.1, -0.05) is 0 Å². The van der Waals surface area contributed by atoms with Gasteiger partial charge in [-0.25, -0.2) is 0 Å². The van der Waals surface area contributed by atoms with Gasteiger partial charge >= 0.3 is 0 Å². The van der Waals surface area contributed by atoms with Crippen molar-refractivity contribution in [1.29, 1.82) is 0 Å². The van der Waals surface area contributed by atoms with E-state index < -0.39 is 14.6 Å². The van der Waals surface area contributed by atoms with E-state index >= 15 is 0 Å². The second-order valence-electron chi connectivity index (χ2n) is 0.577. The molecule has 0 saturated heterocycles. The summed E-state index contributed by atoms with van der Waals surface area (Å²) in [6.45, 7) is 0. The molecule has 0 aliphatic rings. The van der Waals surface area contributed by atoms with Crippen LogP contribution >= 0.6 is 0 Å². The fraction of sp³-hybridized carbons (Fsp3) is 0. The zero-order valence-electron chi connectivity index (χ0n) is 4.60. The molecular formula is H4B2NO6-5. The summed E-state index contributed by atoms with van der Waals surface area (Å²) in [6, 6.07) is 0. The highest BCUT2D eigenvalue weighted by molar-refractivity contribution is 6.24. The van der Waals surface area contributed by atoms with Gasteiger partial charge in [0.1, 0.15) is 0 Å². The van der Waals surface area contributed by atoms with Crippen molar-refractivity contribution in [2.75, 3.05) is 0 Å². The lowest BCUT2D eigenvalue weighted by molar-refractivity contribution is -0.481. The summed E-state index contributed by atoms with van der Waals surface area (Å²) in [5.74, 6) is 0. The molecule has 0 aliphatic carbocycles. The lowest BCUT2D eigenvalue weighted by Crippen LogP contribution is -2.56. The molecule has 7 nitrogen and oxygen atoms in total. The Morgan fingerprint density at radius 2 is 0.556 bits per heavy atom. The van der Waals surface area contributed by atoms with E-state index in [9.17, 15) is 0 Å². The van der Waals surface area contributed by atoms with Crippen LogP contribution in [0.1, 0.15) is 0 Å². The minimum atomic E-state index is -2.92. The first kappa shape index (κ1) is 15.9. The monoisotopic (exact) mass is 136 g/mol. The van der Waals surface area contributed by atoms with Crippen LogP contribution in [-0.4, -0.2) is 14.6 Å². The van der Waals surface area contributed by atoms with Gasteiger partial charge in [-0.3, -0.25) is 14.6 Å². The molecule has 4 N–H and O–H groups in total. The molecule has 0 fully saturated rings. The molecule has 0 radical (unpaired) electrons. The van der Waals surface area contributed by atoms with E-state index in [1.807, 2.05) is 0 Å². The Morgan fingerprint density at radius 1 is 0.556 bits per heavy atom. The van der Waals surface area contributed by atoms with Gasteiger partial charge in [0.25, 0.3) is 0 Å². The largest absolute Gasteiger partial charge is 0.907 e. The first-order chi connectivity index (χ1) is 3.46. The van der Waals surface area contributed by atoms with Crippen LogP contribution in [0.3, 0.4) is 0 Å². The van der Waals surface area contributed by atoms with Crippen molar-refractivity contribution in [2.45, 2.75) is 0 Å². The van der Waals surface area contributed by atoms with Crippen LogP contribution in [0.4, 0.5) is 0 Å². The highest BCUT2D eigenvalue weighted by atomic mass is 16.5. The normalized spacial score (nSPS) is 6.00. The van der Waals surface area contributed by atoms with Crippen molar-refractivity contribution < 1.29 is 30.1 Å². The van der Waals surface area contributed by atoms with Gasteiger partial charge in [0.15, 0.2) is 0 Å². The first-order valence-electron chi connectivity index (χ1n) is 1.41. The smallest absolute Gasteiger partial charge is 0.278 e. The molecule has 0 heterocycles. The molecule has 56 valence electrons. The lowest BCUT2D eigenvalue weighted by Gasteiger charge is -2.35. The standard InChI is InChI=1S/2BO3.H3N/c2*2-1(3)4;/h;;1H3/q2*-3;/p+1. The van der Waals surface area contributed by atoms with Gasteiger partial charge in [-0.05, 0) is 0 Å². The van der Waals surface area contributed by atoms with Gasteiger partial charge in [-0.15, -0.1) is 0 Å². The topological polar surface area (TPSA) is 175 Å². The van der Waals surface area contributed by atoms with Gasteiger partial charge in [-0.2, -0.15) is 0 Å². The molecule has 0 bridgehead atoms. The fourth-order valence-electron chi connectivity index (χ4n) is 0. The third kappa shape index (κ3) is 11900. The number of hydrogen-bond donors (Lipinski definition) is 1. The fourth-order valence-corrected chi connectivity index (χ4v) is 0. The Balaban J connectivity index is -0.0000000720. The van der Waals surface area contributed by atoms with E-state index in [2.05, 4.69) is 0 Å². The van der Waals surface area contributed by atoms with E-state index in [0.717, 1.165) is 0 Å². The zero-order valence-corrected chi connectivity index (χ0v) is 4.60. The summed E-state index contributed by atoms with van der Waals surface area (Å²) in [6.07, 6.45) is 0. The lowest BCUT2D eigenvalue weighted by atomic mass is 10.3. The summed E-state index contributed by atoms with van der Waals surface area (Å²) in [5, 5.41) is 50.5. The second-order valence-corrected chi connectivity index (χ2v) is 0.577. The van der Waals surface area contributed by atoms with E-state index in [1.54, 1.807) is 0 Å². The quantitative estimate of drug-likeness (QED) is 0.323. The summed E-state index contributed by atoms with van der Waals surface area (Å²) in [7, 11) is -5.83. The van der Waals surface area contributed by atoms with Crippen LogP contribution in [0, 0.1) is 0 Å². The van der Waals surface area contributed by atoms with Crippen molar-refractivity contribution >= 4 is 14.6 Å². The van der Waals surface area contributed by atoms with Crippen LogP contribution in [0.25, 0.3) is 0 Å². The molecule has 9 heteroatoms. The molecule has 0 amide bonds. The summed E-state index contributed by atoms with van der Waals surface area (Å²) in [5.41, 5.74) is 0. The Kier molecular flexibility index (Phi) is 19.1. The van der Waals surface area contributed by atoms with Crippen molar-refractivity contribution in [2.24, 2.45) is 0 Å². The average molecular weight is 136 g/mol. The van der Waals surface area contributed by atoms with Gasteiger partial charge in [0, 0.05) is 0 Å². The van der Waals surface area contributed by atoms with Crippen molar-refractivity contribution in [3.8, 4) is 0 Å². The Morgan fingerprint density at radius 3 is 0.556 bits per heavy atom. The maximum atomic E-state index is 8.42. The minimum absolute atomic E-state index is 0.